The van der Waals surface area contributed by atoms with Crippen LogP contribution in [0.5, 0.6) is 0 Å². The zero-order valence-corrected chi connectivity index (χ0v) is 15.5. The van der Waals surface area contributed by atoms with Gasteiger partial charge in [0.15, 0.2) is 0 Å². The van der Waals surface area contributed by atoms with Gasteiger partial charge in [0.05, 0.1) is 28.5 Å². The molecule has 1 aromatic carbocycles. The molecule has 0 radical (unpaired) electrons. The van der Waals surface area contributed by atoms with Crippen LogP contribution >= 0.6 is 0 Å². The zero-order valence-electron chi connectivity index (χ0n) is 15.5. The fraction of sp³-hybridized carbons (Fsp3) is 0.333. The van der Waals surface area contributed by atoms with Crippen LogP contribution in [0.1, 0.15) is 17.1 Å². The highest BCUT2D eigenvalue weighted by Gasteiger charge is 2.23. The van der Waals surface area contributed by atoms with Crippen LogP contribution in [0.15, 0.2) is 54.7 Å². The number of nitrogens with zero attached hydrogens (tertiary/aromatic N) is 5. The molecule has 0 saturated carbocycles. The van der Waals surface area contributed by atoms with Gasteiger partial charge in [-0.25, -0.2) is 4.68 Å². The molecule has 1 aliphatic heterocycles. The summed E-state index contributed by atoms with van der Waals surface area (Å²) in [6.45, 7) is 9.35. The lowest BCUT2D eigenvalue weighted by Crippen LogP contribution is -2.46. The Kier molecular flexibility index (Phi) is 4.71. The number of hydrogen-bond donors (Lipinski definition) is 0. The largest absolute Gasteiger partial charge is 0.366 e. The lowest BCUT2D eigenvalue weighted by Gasteiger charge is -2.36. The first-order chi connectivity index (χ1) is 12.7. The van der Waals surface area contributed by atoms with Crippen molar-refractivity contribution in [2.75, 3.05) is 31.1 Å². The summed E-state index contributed by atoms with van der Waals surface area (Å²) in [5.41, 5.74) is 5.86. The highest BCUT2D eigenvalue weighted by molar-refractivity contribution is 5.57. The number of hydrogen-bond acceptors (Lipinski definition) is 4. The Morgan fingerprint density at radius 1 is 0.885 bits per heavy atom. The van der Waals surface area contributed by atoms with Gasteiger partial charge in [0.2, 0.25) is 0 Å². The maximum Gasteiger partial charge on any atom is 0.0834 e. The minimum absolute atomic E-state index is 0.927. The van der Waals surface area contributed by atoms with Crippen LogP contribution in [0.25, 0.3) is 5.69 Å². The quantitative estimate of drug-likeness (QED) is 0.726. The van der Waals surface area contributed by atoms with E-state index >= 15 is 0 Å². The average molecular weight is 347 g/mol. The Balaban J connectivity index is 1.47. The van der Waals surface area contributed by atoms with Crippen LogP contribution in [-0.2, 0) is 6.54 Å². The molecule has 3 aromatic rings. The van der Waals surface area contributed by atoms with E-state index < -0.39 is 0 Å². The zero-order chi connectivity index (χ0) is 17.9. The lowest BCUT2D eigenvalue weighted by molar-refractivity contribution is 0.247. The highest BCUT2D eigenvalue weighted by Crippen LogP contribution is 2.27. The third-order valence-corrected chi connectivity index (χ3v) is 5.05. The van der Waals surface area contributed by atoms with Crippen LogP contribution < -0.4 is 4.90 Å². The van der Waals surface area contributed by atoms with Crippen LogP contribution in [0.4, 0.5) is 5.69 Å². The first kappa shape index (κ1) is 16.8. The molecule has 1 fully saturated rings. The van der Waals surface area contributed by atoms with Crippen LogP contribution in [0.2, 0.25) is 0 Å². The lowest BCUT2D eigenvalue weighted by atomic mass is 10.2. The normalized spacial score (nSPS) is 15.4. The molecule has 0 N–H and O–H groups in total. The number of piperazine rings is 1. The average Bonchev–Trinajstić information content (AvgIpc) is 2.98. The summed E-state index contributed by atoms with van der Waals surface area (Å²) in [6.07, 6.45) is 1.87. The molecular weight excluding hydrogens is 322 g/mol. The van der Waals surface area contributed by atoms with Gasteiger partial charge in [-0.1, -0.05) is 24.3 Å². The molecule has 0 spiro atoms. The minimum Gasteiger partial charge on any atom is -0.366 e. The summed E-state index contributed by atoms with van der Waals surface area (Å²) in [4.78, 5) is 9.40. The molecule has 26 heavy (non-hydrogen) atoms. The van der Waals surface area contributed by atoms with Gasteiger partial charge in [-0.05, 0) is 38.1 Å². The molecule has 0 aliphatic carbocycles. The second-order valence-corrected chi connectivity index (χ2v) is 6.85. The molecule has 2 aromatic heterocycles. The van der Waals surface area contributed by atoms with E-state index in [0.717, 1.165) is 49.8 Å². The SMILES string of the molecule is Cc1nn(-c2ccccc2)c(C)c1N1CCN(Cc2ccccn2)CC1. The molecule has 5 heteroatoms. The summed E-state index contributed by atoms with van der Waals surface area (Å²) >= 11 is 0. The predicted octanol–water partition coefficient (Wildman–Crippen LogP) is 3.21. The van der Waals surface area contributed by atoms with Crippen molar-refractivity contribution in [3.8, 4) is 5.69 Å². The number of anilines is 1. The van der Waals surface area contributed by atoms with E-state index in [2.05, 4.69) is 69.7 Å². The topological polar surface area (TPSA) is 37.2 Å². The molecule has 3 heterocycles. The Hall–Kier alpha value is -2.66. The summed E-state index contributed by atoms with van der Waals surface area (Å²) in [6, 6.07) is 16.5. The van der Waals surface area contributed by atoms with Crippen molar-refractivity contribution < 1.29 is 0 Å². The van der Waals surface area contributed by atoms with Crippen LogP contribution in [0, 0.1) is 13.8 Å². The van der Waals surface area contributed by atoms with Gasteiger partial charge in [-0.3, -0.25) is 9.88 Å². The van der Waals surface area contributed by atoms with E-state index in [4.69, 9.17) is 5.10 Å². The van der Waals surface area contributed by atoms with Gasteiger partial charge in [0, 0.05) is 38.9 Å². The van der Waals surface area contributed by atoms with Gasteiger partial charge in [0.1, 0.15) is 0 Å². The Bertz CT molecular complexity index is 849. The van der Waals surface area contributed by atoms with Gasteiger partial charge >= 0.3 is 0 Å². The maximum absolute atomic E-state index is 4.79. The molecule has 0 unspecified atom stereocenters. The van der Waals surface area contributed by atoms with Gasteiger partial charge in [-0.15, -0.1) is 0 Å². The highest BCUT2D eigenvalue weighted by atomic mass is 15.3. The van der Waals surface area contributed by atoms with E-state index in [-0.39, 0.29) is 0 Å². The minimum atomic E-state index is 0.927. The van der Waals surface area contributed by atoms with Crippen molar-refractivity contribution in [2.45, 2.75) is 20.4 Å². The molecule has 0 amide bonds. The van der Waals surface area contributed by atoms with Gasteiger partial charge in [0.25, 0.3) is 0 Å². The monoisotopic (exact) mass is 347 g/mol. The molecule has 4 rings (SSSR count). The molecule has 5 nitrogen and oxygen atoms in total. The fourth-order valence-corrected chi connectivity index (χ4v) is 3.76. The van der Waals surface area contributed by atoms with Gasteiger partial charge < -0.3 is 4.90 Å². The second-order valence-electron chi connectivity index (χ2n) is 6.85. The molecule has 1 aliphatic rings. The molecule has 0 atom stereocenters. The summed E-state index contributed by atoms with van der Waals surface area (Å²) in [5.74, 6) is 0. The number of aromatic nitrogens is 3. The van der Waals surface area contributed by atoms with E-state index in [1.54, 1.807) is 0 Å². The maximum atomic E-state index is 4.79. The van der Waals surface area contributed by atoms with Crippen molar-refractivity contribution in [3.05, 3.63) is 71.8 Å². The van der Waals surface area contributed by atoms with Gasteiger partial charge in [-0.2, -0.15) is 5.10 Å². The van der Waals surface area contributed by atoms with Crippen molar-refractivity contribution in [1.29, 1.82) is 0 Å². The smallest absolute Gasteiger partial charge is 0.0834 e. The van der Waals surface area contributed by atoms with Crippen molar-refractivity contribution >= 4 is 5.69 Å². The Morgan fingerprint density at radius 3 is 2.31 bits per heavy atom. The molecule has 0 bridgehead atoms. The Labute approximate surface area is 154 Å². The number of pyridine rings is 1. The van der Waals surface area contributed by atoms with E-state index in [1.165, 1.54) is 11.4 Å². The van der Waals surface area contributed by atoms with Crippen molar-refractivity contribution in [3.63, 3.8) is 0 Å². The van der Waals surface area contributed by atoms with Crippen molar-refractivity contribution in [2.24, 2.45) is 0 Å². The predicted molar refractivity (Wildman–Crippen MR) is 105 cm³/mol. The number of aryl methyl sites for hydroxylation is 1. The Morgan fingerprint density at radius 2 is 1.62 bits per heavy atom. The van der Waals surface area contributed by atoms with E-state index in [0.29, 0.717) is 0 Å². The molecular formula is C21H25N5. The van der Waals surface area contributed by atoms with Crippen LogP contribution in [0.3, 0.4) is 0 Å². The second kappa shape index (κ2) is 7.30. The standard InChI is InChI=1S/C21H25N5/c1-17-21(18(2)26(23-17)20-9-4-3-5-10-20)25-14-12-24(13-15-25)16-19-8-6-7-11-22-19/h3-11H,12-16H2,1-2H3. The van der Waals surface area contributed by atoms with E-state index in [1.807, 2.05) is 18.3 Å². The first-order valence-electron chi connectivity index (χ1n) is 9.21. The summed E-state index contributed by atoms with van der Waals surface area (Å²) in [7, 11) is 0. The third kappa shape index (κ3) is 3.35. The molecule has 1 saturated heterocycles. The number of para-hydroxylation sites is 1. The third-order valence-electron chi connectivity index (χ3n) is 5.05. The number of benzene rings is 1. The molecule has 134 valence electrons. The summed E-state index contributed by atoms with van der Waals surface area (Å²) < 4.78 is 2.06. The van der Waals surface area contributed by atoms with Crippen molar-refractivity contribution in [1.82, 2.24) is 19.7 Å². The first-order valence-corrected chi connectivity index (χ1v) is 9.21. The van der Waals surface area contributed by atoms with Crippen LogP contribution in [-0.4, -0.2) is 45.8 Å². The van der Waals surface area contributed by atoms with E-state index in [9.17, 15) is 0 Å². The number of rotatable bonds is 4. The fourth-order valence-electron chi connectivity index (χ4n) is 3.76. The summed E-state index contributed by atoms with van der Waals surface area (Å²) in [5, 5.41) is 4.79.